The van der Waals surface area contributed by atoms with Crippen molar-refractivity contribution in [1.82, 2.24) is 20.0 Å². The van der Waals surface area contributed by atoms with E-state index in [1.807, 2.05) is 6.07 Å². The molecule has 2 rings (SSSR count). The van der Waals surface area contributed by atoms with Crippen molar-refractivity contribution < 1.29 is 5.11 Å². The molecule has 0 saturated carbocycles. The molecule has 0 radical (unpaired) electrons. The van der Waals surface area contributed by atoms with Gasteiger partial charge < -0.3 is 5.11 Å². The van der Waals surface area contributed by atoms with Crippen molar-refractivity contribution in [3.8, 4) is 0 Å². The maximum Gasteiger partial charge on any atom is 0.154 e. The second-order valence-electron chi connectivity index (χ2n) is 3.67. The first-order valence-corrected chi connectivity index (χ1v) is 5.51. The third kappa shape index (κ3) is 1.74. The van der Waals surface area contributed by atoms with Crippen LogP contribution in [0, 0.1) is 0 Å². The molecule has 2 heterocycles. The van der Waals surface area contributed by atoms with Gasteiger partial charge in [-0.2, -0.15) is 0 Å². The Morgan fingerprint density at radius 3 is 2.75 bits per heavy atom. The second-order valence-corrected chi connectivity index (χ2v) is 4.42. The van der Waals surface area contributed by atoms with E-state index in [4.69, 9.17) is 0 Å². The summed E-state index contributed by atoms with van der Waals surface area (Å²) >= 11 is 3.28. The first-order valence-electron chi connectivity index (χ1n) is 4.72. The average molecular weight is 283 g/mol. The lowest BCUT2D eigenvalue weighted by Gasteiger charge is -2.23. The molecule has 1 atom stereocenters. The van der Waals surface area contributed by atoms with Crippen molar-refractivity contribution in [2.75, 3.05) is 0 Å². The van der Waals surface area contributed by atoms with Gasteiger partial charge in [0.05, 0.1) is 0 Å². The molecule has 2 aromatic heterocycles. The zero-order valence-electron chi connectivity index (χ0n) is 8.92. The maximum absolute atomic E-state index is 10.5. The number of nitrogens with zero attached hydrogens (tertiary/aromatic N) is 4. The molecule has 16 heavy (non-hydrogen) atoms. The van der Waals surface area contributed by atoms with Gasteiger partial charge in [0.25, 0.3) is 0 Å². The third-order valence-corrected chi connectivity index (χ3v) is 3.00. The minimum absolute atomic E-state index is 0.531. The third-order valence-electron chi connectivity index (χ3n) is 2.47. The molecule has 0 fully saturated rings. The summed E-state index contributed by atoms with van der Waals surface area (Å²) < 4.78 is 2.07. The van der Waals surface area contributed by atoms with E-state index in [0.29, 0.717) is 15.9 Å². The van der Waals surface area contributed by atoms with Gasteiger partial charge in [0.15, 0.2) is 4.60 Å². The van der Waals surface area contributed by atoms with Crippen molar-refractivity contribution in [3.05, 3.63) is 40.4 Å². The summed E-state index contributed by atoms with van der Waals surface area (Å²) in [6.45, 7) is 1.69. The van der Waals surface area contributed by atoms with E-state index in [0.717, 1.165) is 0 Å². The largest absolute Gasteiger partial charge is 0.379 e. The number of aryl methyl sites for hydroxylation is 1. The van der Waals surface area contributed by atoms with Crippen LogP contribution in [0.2, 0.25) is 0 Å². The molecule has 84 valence electrons. The van der Waals surface area contributed by atoms with Gasteiger partial charge in [-0.15, -0.1) is 5.10 Å². The van der Waals surface area contributed by atoms with Crippen molar-refractivity contribution in [1.29, 1.82) is 0 Å². The highest BCUT2D eigenvalue weighted by molar-refractivity contribution is 9.10. The molecule has 6 heteroatoms. The van der Waals surface area contributed by atoms with Crippen molar-refractivity contribution in [3.63, 3.8) is 0 Å². The number of aliphatic hydroxyl groups is 1. The number of rotatable bonds is 2. The van der Waals surface area contributed by atoms with Crippen LogP contribution >= 0.6 is 15.9 Å². The Hall–Kier alpha value is -1.27. The first-order chi connectivity index (χ1) is 7.53. The van der Waals surface area contributed by atoms with Crippen LogP contribution in [0.5, 0.6) is 0 Å². The molecule has 0 saturated heterocycles. The Kier molecular flexibility index (Phi) is 2.77. The highest BCUT2D eigenvalue weighted by atomic mass is 79.9. The molecule has 0 amide bonds. The van der Waals surface area contributed by atoms with Crippen LogP contribution in [0.15, 0.2) is 29.1 Å². The molecular formula is C10H11BrN4O. The van der Waals surface area contributed by atoms with Crippen molar-refractivity contribution in [2.24, 2.45) is 7.05 Å². The Balaban J connectivity index is 2.55. The molecule has 0 bridgehead atoms. The monoisotopic (exact) mass is 282 g/mol. The standard InChI is InChI=1S/C10H11BrN4O/c1-10(16,7-4-3-5-12-6-7)8-9(11)13-14-15(8)2/h3-6,16H,1-2H3. The fourth-order valence-electron chi connectivity index (χ4n) is 1.64. The summed E-state index contributed by atoms with van der Waals surface area (Å²) in [6, 6.07) is 3.59. The summed E-state index contributed by atoms with van der Waals surface area (Å²) in [5.41, 5.74) is 0.118. The summed E-state index contributed by atoms with van der Waals surface area (Å²) in [7, 11) is 1.73. The Morgan fingerprint density at radius 2 is 2.25 bits per heavy atom. The fraction of sp³-hybridized carbons (Fsp3) is 0.300. The van der Waals surface area contributed by atoms with Gasteiger partial charge in [-0.25, -0.2) is 4.68 Å². The number of aromatic nitrogens is 4. The van der Waals surface area contributed by atoms with Crippen LogP contribution in [-0.4, -0.2) is 25.1 Å². The first kappa shape index (κ1) is 11.2. The van der Waals surface area contributed by atoms with Crippen molar-refractivity contribution in [2.45, 2.75) is 12.5 Å². The predicted molar refractivity (Wildman–Crippen MR) is 61.6 cm³/mol. The molecule has 5 nitrogen and oxygen atoms in total. The minimum Gasteiger partial charge on any atom is -0.379 e. The minimum atomic E-state index is -1.18. The summed E-state index contributed by atoms with van der Waals surface area (Å²) in [5, 5.41) is 18.2. The summed E-state index contributed by atoms with van der Waals surface area (Å²) in [5.74, 6) is 0. The Bertz CT molecular complexity index is 475. The van der Waals surface area contributed by atoms with E-state index in [1.54, 1.807) is 32.4 Å². The normalized spacial score (nSPS) is 14.8. The predicted octanol–water partition coefficient (Wildman–Crippen LogP) is 1.23. The summed E-state index contributed by atoms with van der Waals surface area (Å²) in [6.07, 6.45) is 3.29. The van der Waals surface area contributed by atoms with Gasteiger partial charge >= 0.3 is 0 Å². The Labute approximate surface area is 101 Å². The van der Waals surface area contributed by atoms with Crippen LogP contribution < -0.4 is 0 Å². The van der Waals surface area contributed by atoms with Crippen LogP contribution in [-0.2, 0) is 12.6 Å². The van der Waals surface area contributed by atoms with E-state index in [1.165, 1.54) is 4.68 Å². The van der Waals surface area contributed by atoms with Gasteiger partial charge in [0.2, 0.25) is 0 Å². The van der Waals surface area contributed by atoms with Gasteiger partial charge in [0, 0.05) is 25.0 Å². The van der Waals surface area contributed by atoms with Gasteiger partial charge in [-0.05, 0) is 28.9 Å². The van der Waals surface area contributed by atoms with E-state index in [-0.39, 0.29) is 0 Å². The van der Waals surface area contributed by atoms with Crippen LogP contribution in [0.3, 0.4) is 0 Å². The molecule has 0 spiro atoms. The number of pyridine rings is 1. The quantitative estimate of drug-likeness (QED) is 0.900. The highest BCUT2D eigenvalue weighted by Crippen LogP contribution is 2.31. The lowest BCUT2D eigenvalue weighted by Crippen LogP contribution is -2.26. The van der Waals surface area contributed by atoms with E-state index in [9.17, 15) is 5.11 Å². The van der Waals surface area contributed by atoms with Gasteiger partial charge in [-0.1, -0.05) is 11.3 Å². The number of halogens is 1. The molecule has 1 unspecified atom stereocenters. The van der Waals surface area contributed by atoms with E-state index in [2.05, 4.69) is 31.2 Å². The molecular weight excluding hydrogens is 272 g/mol. The second kappa shape index (κ2) is 3.95. The highest BCUT2D eigenvalue weighted by Gasteiger charge is 2.32. The van der Waals surface area contributed by atoms with Crippen LogP contribution in [0.4, 0.5) is 0 Å². The molecule has 0 aliphatic carbocycles. The lowest BCUT2D eigenvalue weighted by molar-refractivity contribution is 0.0917. The smallest absolute Gasteiger partial charge is 0.154 e. The zero-order chi connectivity index (χ0) is 11.8. The molecule has 0 aliphatic rings. The molecule has 2 aromatic rings. The SMILES string of the molecule is Cn1nnc(Br)c1C(C)(O)c1cccnc1. The molecule has 0 aromatic carbocycles. The van der Waals surface area contributed by atoms with E-state index >= 15 is 0 Å². The number of hydrogen-bond donors (Lipinski definition) is 1. The average Bonchev–Trinajstić information content (AvgIpc) is 2.60. The molecule has 0 aliphatic heterocycles. The van der Waals surface area contributed by atoms with E-state index < -0.39 is 5.60 Å². The van der Waals surface area contributed by atoms with Crippen molar-refractivity contribution >= 4 is 15.9 Å². The zero-order valence-corrected chi connectivity index (χ0v) is 10.5. The molecule has 1 N–H and O–H groups in total. The summed E-state index contributed by atoms with van der Waals surface area (Å²) in [4.78, 5) is 3.99. The van der Waals surface area contributed by atoms with Gasteiger partial charge in [0.1, 0.15) is 11.3 Å². The maximum atomic E-state index is 10.5. The van der Waals surface area contributed by atoms with Gasteiger partial charge in [-0.3, -0.25) is 4.98 Å². The topological polar surface area (TPSA) is 63.8 Å². The Morgan fingerprint density at radius 1 is 1.50 bits per heavy atom. The van der Waals surface area contributed by atoms with Crippen LogP contribution in [0.25, 0.3) is 0 Å². The number of hydrogen-bond acceptors (Lipinski definition) is 4. The van der Waals surface area contributed by atoms with Crippen LogP contribution in [0.1, 0.15) is 18.2 Å². The lowest BCUT2D eigenvalue weighted by atomic mass is 9.94. The fourth-order valence-corrected chi connectivity index (χ4v) is 2.35.